The van der Waals surface area contributed by atoms with Crippen molar-refractivity contribution in [2.45, 2.75) is 17.4 Å². The standard InChI is InChI=1S/C17H17N3O9S/c1-28-13-6-3-11(4-7-13)9-14(17(21)29-2)18-30(26,27)16-8-5-12(19(22)23)10-15(16)20(24)25/h3-8,10,14,18H,9H2,1-2H3. The largest absolute Gasteiger partial charge is 0.497 e. The summed E-state index contributed by atoms with van der Waals surface area (Å²) in [6, 6.07) is 7.13. The molecule has 2 aromatic rings. The average molecular weight is 439 g/mol. The lowest BCUT2D eigenvalue weighted by molar-refractivity contribution is -0.396. The van der Waals surface area contributed by atoms with Gasteiger partial charge in [-0.25, -0.2) is 8.42 Å². The molecule has 13 heteroatoms. The van der Waals surface area contributed by atoms with Crippen LogP contribution in [0.4, 0.5) is 11.4 Å². The van der Waals surface area contributed by atoms with Gasteiger partial charge in [0, 0.05) is 6.07 Å². The topological polar surface area (TPSA) is 168 Å². The van der Waals surface area contributed by atoms with Gasteiger partial charge in [-0.1, -0.05) is 12.1 Å². The number of carbonyl (C=O) groups is 1. The van der Waals surface area contributed by atoms with Crippen LogP contribution in [-0.2, 0) is 26.0 Å². The number of nitro groups is 2. The first-order valence-corrected chi connectivity index (χ1v) is 9.73. The van der Waals surface area contributed by atoms with Gasteiger partial charge < -0.3 is 9.47 Å². The first kappa shape index (κ1) is 22.7. The zero-order chi connectivity index (χ0) is 22.5. The van der Waals surface area contributed by atoms with E-state index in [1.54, 1.807) is 24.3 Å². The molecule has 2 rings (SSSR count). The number of sulfonamides is 1. The van der Waals surface area contributed by atoms with Crippen molar-refractivity contribution in [3.63, 3.8) is 0 Å². The van der Waals surface area contributed by atoms with Gasteiger partial charge >= 0.3 is 5.97 Å². The van der Waals surface area contributed by atoms with Crippen LogP contribution in [0, 0.1) is 20.2 Å². The summed E-state index contributed by atoms with van der Waals surface area (Å²) in [4.78, 5) is 31.4. The minimum atomic E-state index is -4.61. The monoisotopic (exact) mass is 439 g/mol. The summed E-state index contributed by atoms with van der Waals surface area (Å²) in [5, 5.41) is 22.1. The lowest BCUT2D eigenvalue weighted by Gasteiger charge is -2.17. The Hall–Kier alpha value is -3.58. The Kier molecular flexibility index (Phi) is 7.02. The van der Waals surface area contributed by atoms with Gasteiger partial charge in [-0.15, -0.1) is 0 Å². The van der Waals surface area contributed by atoms with Gasteiger partial charge in [0.2, 0.25) is 10.0 Å². The van der Waals surface area contributed by atoms with Crippen LogP contribution in [0.25, 0.3) is 0 Å². The maximum Gasteiger partial charge on any atom is 0.324 e. The number of hydrogen-bond acceptors (Lipinski definition) is 9. The van der Waals surface area contributed by atoms with Crippen LogP contribution < -0.4 is 9.46 Å². The van der Waals surface area contributed by atoms with E-state index in [1.807, 2.05) is 0 Å². The second kappa shape index (κ2) is 9.28. The molecule has 0 amide bonds. The average Bonchev–Trinajstić information content (AvgIpc) is 2.72. The van der Waals surface area contributed by atoms with Gasteiger partial charge in [-0.2, -0.15) is 4.72 Å². The molecule has 160 valence electrons. The Morgan fingerprint density at radius 2 is 1.70 bits per heavy atom. The second-order valence-electron chi connectivity index (χ2n) is 5.92. The molecule has 0 saturated heterocycles. The molecule has 0 radical (unpaired) electrons. The summed E-state index contributed by atoms with van der Waals surface area (Å²) in [5.41, 5.74) is -1.08. The van der Waals surface area contributed by atoms with Crippen LogP contribution in [0.3, 0.4) is 0 Å². The first-order valence-electron chi connectivity index (χ1n) is 8.25. The Morgan fingerprint density at radius 3 is 2.20 bits per heavy atom. The summed E-state index contributed by atoms with van der Waals surface area (Å²) >= 11 is 0. The second-order valence-corrected chi connectivity index (χ2v) is 7.60. The molecule has 0 saturated carbocycles. The molecule has 12 nitrogen and oxygen atoms in total. The van der Waals surface area contributed by atoms with Gasteiger partial charge in [-0.3, -0.25) is 25.0 Å². The quantitative estimate of drug-likeness (QED) is 0.346. The number of methoxy groups -OCH3 is 2. The third kappa shape index (κ3) is 5.27. The Bertz CT molecular complexity index is 1070. The summed E-state index contributed by atoms with van der Waals surface area (Å²) in [5.74, 6) is -0.366. The van der Waals surface area contributed by atoms with Crippen LogP contribution in [0.15, 0.2) is 47.4 Å². The molecule has 1 unspecified atom stereocenters. The SMILES string of the molecule is COC(=O)C(Cc1ccc(OC)cc1)NS(=O)(=O)c1ccc([N+](=O)[O-])cc1[N+](=O)[O-]. The molecule has 1 atom stereocenters. The molecule has 0 aromatic heterocycles. The Labute approximate surface area is 170 Å². The van der Waals surface area contributed by atoms with Crippen molar-refractivity contribution in [1.82, 2.24) is 4.72 Å². The summed E-state index contributed by atoms with van der Waals surface area (Å²) in [6.45, 7) is 0. The number of nitro benzene ring substituents is 2. The molecule has 0 aliphatic heterocycles. The summed E-state index contributed by atoms with van der Waals surface area (Å²) < 4.78 is 37.2. The van der Waals surface area contributed by atoms with E-state index >= 15 is 0 Å². The molecule has 0 aliphatic rings. The van der Waals surface area contributed by atoms with E-state index in [9.17, 15) is 33.4 Å². The minimum Gasteiger partial charge on any atom is -0.497 e. The number of non-ortho nitro benzene ring substituents is 1. The van der Waals surface area contributed by atoms with Gasteiger partial charge in [0.25, 0.3) is 11.4 Å². The van der Waals surface area contributed by atoms with Gasteiger partial charge in [0.15, 0.2) is 4.90 Å². The first-order chi connectivity index (χ1) is 14.1. The number of hydrogen-bond donors (Lipinski definition) is 1. The number of ether oxygens (including phenoxy) is 2. The van der Waals surface area contributed by atoms with E-state index < -0.39 is 48.2 Å². The number of nitrogens with one attached hydrogen (secondary N) is 1. The van der Waals surface area contributed by atoms with E-state index in [4.69, 9.17) is 4.74 Å². The zero-order valence-corrected chi connectivity index (χ0v) is 16.6. The van der Waals surface area contributed by atoms with E-state index in [2.05, 4.69) is 9.46 Å². The maximum atomic E-state index is 12.7. The highest BCUT2D eigenvalue weighted by Crippen LogP contribution is 2.28. The predicted molar refractivity (Wildman–Crippen MR) is 103 cm³/mol. The number of nitrogens with zero attached hydrogens (tertiary/aromatic N) is 2. The van der Waals surface area contributed by atoms with Crippen LogP contribution in [0.2, 0.25) is 0 Å². The fourth-order valence-corrected chi connectivity index (χ4v) is 3.89. The molecule has 0 bridgehead atoms. The molecular formula is C17H17N3O9S. The van der Waals surface area contributed by atoms with Crippen molar-refractivity contribution in [2.24, 2.45) is 0 Å². The van der Waals surface area contributed by atoms with Crippen molar-refractivity contribution in [2.75, 3.05) is 14.2 Å². The number of carbonyl (C=O) groups excluding carboxylic acids is 1. The molecule has 0 spiro atoms. The zero-order valence-electron chi connectivity index (χ0n) is 15.8. The fraction of sp³-hybridized carbons (Fsp3) is 0.235. The Morgan fingerprint density at radius 1 is 1.07 bits per heavy atom. The van der Waals surface area contributed by atoms with Crippen molar-refractivity contribution >= 4 is 27.4 Å². The lowest BCUT2D eigenvalue weighted by Crippen LogP contribution is -2.43. The highest BCUT2D eigenvalue weighted by Gasteiger charge is 2.33. The molecule has 1 N–H and O–H groups in total. The van der Waals surface area contributed by atoms with Crippen LogP contribution in [0.1, 0.15) is 5.56 Å². The van der Waals surface area contributed by atoms with E-state index in [1.165, 1.54) is 7.11 Å². The normalized spacial score (nSPS) is 12.1. The smallest absolute Gasteiger partial charge is 0.324 e. The predicted octanol–water partition coefficient (Wildman–Crippen LogP) is 1.57. The van der Waals surface area contributed by atoms with Gasteiger partial charge in [-0.05, 0) is 30.2 Å². The third-order valence-electron chi connectivity index (χ3n) is 4.02. The van der Waals surface area contributed by atoms with Crippen LogP contribution in [0.5, 0.6) is 5.75 Å². The molecule has 30 heavy (non-hydrogen) atoms. The number of esters is 1. The maximum absolute atomic E-state index is 12.7. The van der Waals surface area contributed by atoms with Crippen LogP contribution >= 0.6 is 0 Å². The number of benzene rings is 2. The fourth-order valence-electron chi connectivity index (χ4n) is 2.55. The van der Waals surface area contributed by atoms with E-state index in [0.717, 1.165) is 19.2 Å². The highest BCUT2D eigenvalue weighted by molar-refractivity contribution is 7.89. The van der Waals surface area contributed by atoms with Crippen molar-refractivity contribution in [3.8, 4) is 5.75 Å². The summed E-state index contributed by atoms with van der Waals surface area (Å²) in [6.07, 6.45) is -0.114. The number of rotatable bonds is 9. The molecule has 0 aliphatic carbocycles. The minimum absolute atomic E-state index is 0.114. The summed E-state index contributed by atoms with van der Waals surface area (Å²) in [7, 11) is -2.07. The van der Waals surface area contributed by atoms with Gasteiger partial charge in [0.05, 0.1) is 30.1 Å². The lowest BCUT2D eigenvalue weighted by atomic mass is 10.1. The molecule has 0 fully saturated rings. The van der Waals surface area contributed by atoms with Crippen molar-refractivity contribution < 1.29 is 32.5 Å². The van der Waals surface area contributed by atoms with Gasteiger partial charge in [0.1, 0.15) is 11.8 Å². The molecule has 2 aromatic carbocycles. The van der Waals surface area contributed by atoms with Crippen LogP contribution in [-0.4, -0.2) is 44.5 Å². The van der Waals surface area contributed by atoms with E-state index in [0.29, 0.717) is 17.4 Å². The highest BCUT2D eigenvalue weighted by atomic mass is 32.2. The molecule has 0 heterocycles. The third-order valence-corrected chi connectivity index (χ3v) is 5.54. The van der Waals surface area contributed by atoms with Crippen molar-refractivity contribution in [3.05, 3.63) is 68.3 Å². The Balaban J connectivity index is 2.40. The van der Waals surface area contributed by atoms with Crippen molar-refractivity contribution in [1.29, 1.82) is 0 Å². The van der Waals surface area contributed by atoms with E-state index in [-0.39, 0.29) is 6.42 Å². The molecular weight excluding hydrogens is 422 g/mol.